The standard InChI is InChI=1S/C14H26N2O.ClH/c1-13(2)11(14(13,3)4)12(17)16-10-7-5-9(15)6-8-10;/h9-11H,5-8,15H2,1-4H3,(H,16,17);1H. The van der Waals surface area contributed by atoms with Gasteiger partial charge in [-0.15, -0.1) is 12.4 Å². The molecule has 18 heavy (non-hydrogen) atoms. The zero-order chi connectivity index (χ0) is 12.8. The number of hydrogen-bond donors (Lipinski definition) is 2. The smallest absolute Gasteiger partial charge is 0.224 e. The maximum absolute atomic E-state index is 12.2. The second-order valence-corrected chi connectivity index (χ2v) is 7.00. The van der Waals surface area contributed by atoms with Crippen LogP contribution in [0.4, 0.5) is 0 Å². The summed E-state index contributed by atoms with van der Waals surface area (Å²) in [6.07, 6.45) is 4.17. The number of carbonyl (C=O) groups excluding carboxylic acids is 1. The molecule has 3 N–H and O–H groups in total. The van der Waals surface area contributed by atoms with Crippen molar-refractivity contribution in [2.45, 2.75) is 65.5 Å². The van der Waals surface area contributed by atoms with E-state index in [1.807, 2.05) is 0 Å². The van der Waals surface area contributed by atoms with Crippen molar-refractivity contribution < 1.29 is 4.79 Å². The van der Waals surface area contributed by atoms with E-state index in [4.69, 9.17) is 5.73 Å². The van der Waals surface area contributed by atoms with E-state index in [-0.39, 0.29) is 35.1 Å². The van der Waals surface area contributed by atoms with Crippen molar-refractivity contribution in [1.29, 1.82) is 0 Å². The highest BCUT2D eigenvalue weighted by Gasteiger charge is 2.68. The topological polar surface area (TPSA) is 55.1 Å². The van der Waals surface area contributed by atoms with E-state index in [0.717, 1.165) is 25.7 Å². The third-order valence-electron chi connectivity index (χ3n) is 5.40. The van der Waals surface area contributed by atoms with Gasteiger partial charge < -0.3 is 11.1 Å². The van der Waals surface area contributed by atoms with Gasteiger partial charge in [0, 0.05) is 18.0 Å². The Bertz CT molecular complexity index is 306. The first-order chi connectivity index (χ1) is 7.76. The Labute approximate surface area is 117 Å². The minimum atomic E-state index is 0. The highest BCUT2D eigenvalue weighted by atomic mass is 35.5. The molecule has 0 heterocycles. The van der Waals surface area contributed by atoms with E-state index in [2.05, 4.69) is 33.0 Å². The molecule has 2 aliphatic carbocycles. The predicted octanol–water partition coefficient (Wildman–Crippen LogP) is 2.48. The van der Waals surface area contributed by atoms with Crippen LogP contribution in [0.5, 0.6) is 0 Å². The van der Waals surface area contributed by atoms with Gasteiger partial charge in [0.2, 0.25) is 5.91 Å². The van der Waals surface area contributed by atoms with E-state index in [9.17, 15) is 4.79 Å². The lowest BCUT2D eigenvalue weighted by molar-refractivity contribution is -0.124. The van der Waals surface area contributed by atoms with Crippen molar-refractivity contribution in [3.05, 3.63) is 0 Å². The van der Waals surface area contributed by atoms with Crippen LogP contribution in [-0.2, 0) is 4.79 Å². The fourth-order valence-corrected chi connectivity index (χ4v) is 3.40. The number of nitrogens with one attached hydrogen (secondary N) is 1. The molecule has 106 valence electrons. The Morgan fingerprint density at radius 2 is 1.50 bits per heavy atom. The first-order valence-electron chi connectivity index (χ1n) is 6.83. The zero-order valence-corrected chi connectivity index (χ0v) is 12.8. The minimum absolute atomic E-state index is 0. The normalized spacial score (nSPS) is 33.4. The lowest BCUT2D eigenvalue weighted by Crippen LogP contribution is -2.41. The summed E-state index contributed by atoms with van der Waals surface area (Å²) < 4.78 is 0. The Hall–Kier alpha value is -0.280. The van der Waals surface area contributed by atoms with Crippen LogP contribution < -0.4 is 11.1 Å². The maximum Gasteiger partial charge on any atom is 0.224 e. The summed E-state index contributed by atoms with van der Waals surface area (Å²) in [6.45, 7) is 8.75. The average molecular weight is 275 g/mol. The quantitative estimate of drug-likeness (QED) is 0.813. The van der Waals surface area contributed by atoms with Gasteiger partial charge in [0.25, 0.3) is 0 Å². The van der Waals surface area contributed by atoms with Crippen molar-refractivity contribution in [2.75, 3.05) is 0 Å². The predicted molar refractivity (Wildman–Crippen MR) is 76.7 cm³/mol. The van der Waals surface area contributed by atoms with E-state index < -0.39 is 0 Å². The summed E-state index contributed by atoms with van der Waals surface area (Å²) >= 11 is 0. The molecule has 1 amide bonds. The molecule has 2 fully saturated rings. The Morgan fingerprint density at radius 1 is 1.06 bits per heavy atom. The molecule has 3 nitrogen and oxygen atoms in total. The molecule has 0 aromatic heterocycles. The fourth-order valence-electron chi connectivity index (χ4n) is 3.40. The fraction of sp³-hybridized carbons (Fsp3) is 0.929. The van der Waals surface area contributed by atoms with Crippen LogP contribution >= 0.6 is 12.4 Å². The van der Waals surface area contributed by atoms with Gasteiger partial charge in [-0.05, 0) is 36.5 Å². The van der Waals surface area contributed by atoms with Crippen molar-refractivity contribution in [3.8, 4) is 0 Å². The van der Waals surface area contributed by atoms with E-state index in [1.54, 1.807) is 0 Å². The van der Waals surface area contributed by atoms with Gasteiger partial charge in [0.05, 0.1) is 0 Å². The van der Waals surface area contributed by atoms with Crippen LogP contribution in [0.1, 0.15) is 53.4 Å². The number of halogens is 1. The van der Waals surface area contributed by atoms with Gasteiger partial charge in [-0.25, -0.2) is 0 Å². The van der Waals surface area contributed by atoms with Gasteiger partial charge in [-0.2, -0.15) is 0 Å². The molecular formula is C14H27ClN2O. The number of rotatable bonds is 2. The average Bonchev–Trinajstić information content (AvgIpc) is 2.61. The lowest BCUT2D eigenvalue weighted by Gasteiger charge is -2.27. The maximum atomic E-state index is 12.2. The summed E-state index contributed by atoms with van der Waals surface area (Å²) in [4.78, 5) is 12.2. The molecule has 0 aromatic carbocycles. The number of nitrogens with two attached hydrogens (primary N) is 1. The van der Waals surface area contributed by atoms with Crippen LogP contribution in [0.15, 0.2) is 0 Å². The molecule has 2 rings (SSSR count). The summed E-state index contributed by atoms with van der Waals surface area (Å²) in [5.41, 5.74) is 6.16. The molecule has 0 aliphatic heterocycles. The van der Waals surface area contributed by atoms with Gasteiger partial charge in [0.1, 0.15) is 0 Å². The Kier molecular flexibility index (Phi) is 4.39. The number of amides is 1. The summed E-state index contributed by atoms with van der Waals surface area (Å²) in [6, 6.07) is 0.700. The van der Waals surface area contributed by atoms with Crippen LogP contribution in [0, 0.1) is 16.7 Å². The van der Waals surface area contributed by atoms with Gasteiger partial charge >= 0.3 is 0 Å². The highest BCUT2D eigenvalue weighted by Crippen LogP contribution is 2.68. The SMILES string of the molecule is CC1(C)C(C(=O)NC2CCC(N)CC2)C1(C)C.Cl. The molecule has 2 saturated carbocycles. The molecule has 4 heteroatoms. The first-order valence-corrected chi connectivity index (χ1v) is 6.83. The molecule has 2 aliphatic rings. The van der Waals surface area contributed by atoms with Crippen molar-refractivity contribution in [3.63, 3.8) is 0 Å². The van der Waals surface area contributed by atoms with Crippen molar-refractivity contribution in [1.82, 2.24) is 5.32 Å². The molecular weight excluding hydrogens is 248 g/mol. The van der Waals surface area contributed by atoms with Gasteiger partial charge in [0.15, 0.2) is 0 Å². The highest BCUT2D eigenvalue weighted by molar-refractivity contribution is 5.85. The minimum Gasteiger partial charge on any atom is -0.353 e. The second kappa shape index (κ2) is 5.01. The number of carbonyl (C=O) groups is 1. The summed E-state index contributed by atoms with van der Waals surface area (Å²) in [5.74, 6) is 0.422. The lowest BCUT2D eigenvalue weighted by atomic mass is 9.91. The molecule has 0 saturated heterocycles. The summed E-state index contributed by atoms with van der Waals surface area (Å²) in [7, 11) is 0. The van der Waals surface area contributed by atoms with E-state index >= 15 is 0 Å². The van der Waals surface area contributed by atoms with Crippen LogP contribution in [0.2, 0.25) is 0 Å². The molecule has 0 unspecified atom stereocenters. The number of hydrogen-bond acceptors (Lipinski definition) is 2. The van der Waals surface area contributed by atoms with Gasteiger partial charge in [-0.3, -0.25) is 4.79 Å². The third-order valence-corrected chi connectivity index (χ3v) is 5.40. The second-order valence-electron chi connectivity index (χ2n) is 7.00. The van der Waals surface area contributed by atoms with Crippen LogP contribution in [0.3, 0.4) is 0 Å². The molecule has 0 aromatic rings. The van der Waals surface area contributed by atoms with Crippen molar-refractivity contribution in [2.24, 2.45) is 22.5 Å². The van der Waals surface area contributed by atoms with Crippen molar-refractivity contribution >= 4 is 18.3 Å². The first kappa shape index (κ1) is 15.8. The third kappa shape index (κ3) is 2.53. The summed E-state index contributed by atoms with van der Waals surface area (Å²) in [5, 5.41) is 3.22. The van der Waals surface area contributed by atoms with E-state index in [0.29, 0.717) is 12.1 Å². The largest absolute Gasteiger partial charge is 0.353 e. The van der Waals surface area contributed by atoms with Crippen LogP contribution in [0.25, 0.3) is 0 Å². The molecule has 0 spiro atoms. The zero-order valence-electron chi connectivity index (χ0n) is 12.0. The molecule has 0 bridgehead atoms. The van der Waals surface area contributed by atoms with E-state index in [1.165, 1.54) is 0 Å². The Morgan fingerprint density at radius 3 is 1.89 bits per heavy atom. The molecule has 0 atom stereocenters. The molecule has 0 radical (unpaired) electrons. The monoisotopic (exact) mass is 274 g/mol. The van der Waals surface area contributed by atoms with Crippen LogP contribution in [-0.4, -0.2) is 18.0 Å². The Balaban J connectivity index is 0.00000162. The van der Waals surface area contributed by atoms with Gasteiger partial charge in [-0.1, -0.05) is 27.7 Å².